The van der Waals surface area contributed by atoms with Gasteiger partial charge in [-0.2, -0.15) is 5.10 Å². The van der Waals surface area contributed by atoms with Gasteiger partial charge in [-0.25, -0.2) is 4.98 Å². The van der Waals surface area contributed by atoms with Gasteiger partial charge in [0.25, 0.3) is 0 Å². The molecule has 24 heavy (non-hydrogen) atoms. The molecular formula is C18H19N5O. The van der Waals surface area contributed by atoms with Crippen LogP contribution >= 0.6 is 0 Å². The number of nitrogens with zero attached hydrogens (tertiary/aromatic N) is 5. The van der Waals surface area contributed by atoms with Crippen molar-refractivity contribution in [2.24, 2.45) is 0 Å². The Hall–Kier alpha value is -2.73. The lowest BCUT2D eigenvalue weighted by Crippen LogP contribution is -2.39. The van der Waals surface area contributed by atoms with E-state index in [1.807, 2.05) is 36.7 Å². The quantitative estimate of drug-likeness (QED) is 0.722. The van der Waals surface area contributed by atoms with Crippen molar-refractivity contribution in [3.05, 3.63) is 72.4 Å². The van der Waals surface area contributed by atoms with E-state index in [1.54, 1.807) is 12.4 Å². The van der Waals surface area contributed by atoms with E-state index in [2.05, 4.69) is 36.8 Å². The third-order valence-electron chi connectivity index (χ3n) is 4.14. The lowest BCUT2D eigenvalue weighted by molar-refractivity contribution is 0.125. The summed E-state index contributed by atoms with van der Waals surface area (Å²) in [5, 5.41) is 4.47. The van der Waals surface area contributed by atoms with E-state index in [0.717, 1.165) is 19.6 Å². The first-order chi connectivity index (χ1) is 11.9. The van der Waals surface area contributed by atoms with Gasteiger partial charge >= 0.3 is 0 Å². The van der Waals surface area contributed by atoms with Crippen molar-refractivity contribution >= 4 is 0 Å². The number of fused-ring (bicyclic) bond motifs is 1. The molecule has 0 radical (unpaired) electrons. The van der Waals surface area contributed by atoms with Gasteiger partial charge < -0.3 is 4.74 Å². The Kier molecular flexibility index (Phi) is 4.20. The van der Waals surface area contributed by atoms with Crippen LogP contribution in [-0.2, 0) is 13.1 Å². The fourth-order valence-corrected chi connectivity index (χ4v) is 3.07. The minimum atomic E-state index is 0.169. The third-order valence-corrected chi connectivity index (χ3v) is 4.14. The molecule has 4 heterocycles. The number of hydrogen-bond donors (Lipinski definition) is 0. The van der Waals surface area contributed by atoms with Gasteiger partial charge in [-0.15, -0.1) is 0 Å². The molecule has 0 saturated heterocycles. The molecule has 1 atom stereocenters. The van der Waals surface area contributed by atoms with Crippen LogP contribution in [-0.4, -0.2) is 37.8 Å². The second-order valence-electron chi connectivity index (χ2n) is 5.93. The predicted octanol–water partition coefficient (Wildman–Crippen LogP) is 2.31. The molecule has 1 aliphatic rings. The van der Waals surface area contributed by atoms with Gasteiger partial charge in [-0.05, 0) is 23.8 Å². The van der Waals surface area contributed by atoms with Crippen molar-refractivity contribution in [1.29, 1.82) is 0 Å². The Bertz CT molecular complexity index is 774. The molecule has 0 saturated carbocycles. The molecule has 0 aromatic carbocycles. The first-order valence-corrected chi connectivity index (χ1v) is 8.06. The van der Waals surface area contributed by atoms with E-state index in [9.17, 15) is 0 Å². The largest absolute Gasteiger partial charge is 0.475 e. The molecule has 3 aromatic rings. The van der Waals surface area contributed by atoms with Crippen molar-refractivity contribution in [2.45, 2.75) is 19.1 Å². The van der Waals surface area contributed by atoms with Gasteiger partial charge in [0.05, 0.1) is 11.7 Å². The van der Waals surface area contributed by atoms with Crippen LogP contribution in [0.3, 0.4) is 0 Å². The van der Waals surface area contributed by atoms with Crippen LogP contribution in [0.1, 0.15) is 17.3 Å². The first-order valence-electron chi connectivity index (χ1n) is 8.06. The van der Waals surface area contributed by atoms with E-state index < -0.39 is 0 Å². The maximum atomic E-state index is 5.86. The SMILES string of the molecule is c1ccc(OC[C@H]2CN(Cc3cccnc3)Cc3ccnn32)nc1. The summed E-state index contributed by atoms with van der Waals surface area (Å²) in [7, 11) is 0. The Balaban J connectivity index is 1.47. The van der Waals surface area contributed by atoms with E-state index in [1.165, 1.54) is 11.3 Å². The highest BCUT2D eigenvalue weighted by Crippen LogP contribution is 2.22. The average Bonchev–Trinajstić information content (AvgIpc) is 3.10. The minimum Gasteiger partial charge on any atom is -0.475 e. The third kappa shape index (κ3) is 3.28. The van der Waals surface area contributed by atoms with Crippen molar-refractivity contribution in [2.75, 3.05) is 13.2 Å². The molecule has 0 aliphatic carbocycles. The summed E-state index contributed by atoms with van der Waals surface area (Å²) < 4.78 is 7.93. The van der Waals surface area contributed by atoms with Gasteiger partial charge in [0, 0.05) is 50.5 Å². The minimum absolute atomic E-state index is 0.169. The Morgan fingerprint density at radius 3 is 2.92 bits per heavy atom. The van der Waals surface area contributed by atoms with E-state index in [4.69, 9.17) is 4.74 Å². The van der Waals surface area contributed by atoms with Crippen LogP contribution in [0.2, 0.25) is 0 Å². The smallest absolute Gasteiger partial charge is 0.213 e. The Morgan fingerprint density at radius 1 is 1.08 bits per heavy atom. The monoisotopic (exact) mass is 321 g/mol. The molecular weight excluding hydrogens is 302 g/mol. The molecule has 4 rings (SSSR count). The topological polar surface area (TPSA) is 56.1 Å². The molecule has 6 heteroatoms. The fraction of sp³-hybridized carbons (Fsp3) is 0.278. The van der Waals surface area contributed by atoms with Crippen molar-refractivity contribution in [3.63, 3.8) is 0 Å². The molecule has 0 bridgehead atoms. The second kappa shape index (κ2) is 6.80. The summed E-state index contributed by atoms with van der Waals surface area (Å²) in [5.74, 6) is 0.649. The number of ether oxygens (including phenoxy) is 1. The van der Waals surface area contributed by atoms with Gasteiger partial charge in [-0.3, -0.25) is 14.6 Å². The standard InChI is InChI=1S/C18H19N5O/c1-2-8-20-18(5-1)24-14-17-13-22(11-15-4-3-7-19-10-15)12-16-6-9-21-23(16)17/h1-10,17H,11-14H2/t17-/m1/s1. The summed E-state index contributed by atoms with van der Waals surface area (Å²) in [5.41, 5.74) is 2.43. The van der Waals surface area contributed by atoms with Gasteiger partial charge in [-0.1, -0.05) is 12.1 Å². The van der Waals surface area contributed by atoms with Gasteiger partial charge in [0.1, 0.15) is 6.61 Å². The van der Waals surface area contributed by atoms with Crippen LogP contribution in [0.5, 0.6) is 5.88 Å². The zero-order valence-electron chi connectivity index (χ0n) is 13.3. The Labute approximate surface area is 140 Å². The van der Waals surface area contributed by atoms with Crippen LogP contribution < -0.4 is 4.74 Å². The lowest BCUT2D eigenvalue weighted by Gasteiger charge is -2.33. The maximum absolute atomic E-state index is 5.86. The maximum Gasteiger partial charge on any atom is 0.213 e. The summed E-state index contributed by atoms with van der Waals surface area (Å²) >= 11 is 0. The number of hydrogen-bond acceptors (Lipinski definition) is 5. The first kappa shape index (κ1) is 14.8. The van der Waals surface area contributed by atoms with Gasteiger partial charge in [0.2, 0.25) is 5.88 Å². The molecule has 6 nitrogen and oxygen atoms in total. The van der Waals surface area contributed by atoms with Crippen LogP contribution in [0.4, 0.5) is 0 Å². The van der Waals surface area contributed by atoms with Crippen LogP contribution in [0.25, 0.3) is 0 Å². The molecule has 0 amide bonds. The Morgan fingerprint density at radius 2 is 2.08 bits per heavy atom. The van der Waals surface area contributed by atoms with E-state index >= 15 is 0 Å². The van der Waals surface area contributed by atoms with Crippen molar-refractivity contribution < 1.29 is 4.74 Å². The van der Waals surface area contributed by atoms with E-state index in [0.29, 0.717) is 12.5 Å². The molecule has 3 aromatic heterocycles. The van der Waals surface area contributed by atoms with Crippen molar-refractivity contribution in [1.82, 2.24) is 24.6 Å². The van der Waals surface area contributed by atoms with Crippen LogP contribution in [0, 0.1) is 0 Å². The number of aromatic nitrogens is 4. The molecule has 1 aliphatic heterocycles. The highest BCUT2D eigenvalue weighted by molar-refractivity contribution is 5.12. The molecule has 0 fully saturated rings. The fourth-order valence-electron chi connectivity index (χ4n) is 3.07. The number of rotatable bonds is 5. The zero-order chi connectivity index (χ0) is 16.2. The normalized spacial score (nSPS) is 17.4. The lowest BCUT2D eigenvalue weighted by atomic mass is 10.1. The summed E-state index contributed by atoms with van der Waals surface area (Å²) in [4.78, 5) is 10.8. The molecule has 122 valence electrons. The zero-order valence-corrected chi connectivity index (χ0v) is 13.3. The molecule has 0 unspecified atom stereocenters. The molecule has 0 spiro atoms. The molecule has 0 N–H and O–H groups in total. The number of pyridine rings is 2. The summed E-state index contributed by atoms with van der Waals surface area (Å²) in [6, 6.07) is 12.0. The van der Waals surface area contributed by atoms with Crippen molar-refractivity contribution in [3.8, 4) is 5.88 Å². The highest BCUT2D eigenvalue weighted by Gasteiger charge is 2.26. The summed E-state index contributed by atoms with van der Waals surface area (Å²) in [6.07, 6.45) is 7.32. The highest BCUT2D eigenvalue weighted by atomic mass is 16.5. The predicted molar refractivity (Wildman–Crippen MR) is 89.3 cm³/mol. The van der Waals surface area contributed by atoms with Gasteiger partial charge in [0.15, 0.2) is 0 Å². The average molecular weight is 321 g/mol. The van der Waals surface area contributed by atoms with E-state index in [-0.39, 0.29) is 6.04 Å². The van der Waals surface area contributed by atoms with Crippen LogP contribution in [0.15, 0.2) is 61.2 Å². The summed E-state index contributed by atoms with van der Waals surface area (Å²) in [6.45, 7) is 3.19. The second-order valence-corrected chi connectivity index (χ2v) is 5.93.